The fourth-order valence-electron chi connectivity index (χ4n) is 2.64. The van der Waals surface area contributed by atoms with E-state index in [9.17, 15) is 9.59 Å². The van der Waals surface area contributed by atoms with E-state index in [2.05, 4.69) is 21.2 Å². The maximum atomic E-state index is 12.4. The number of nitrogens with one attached hydrogen (secondary N) is 1. The number of carbonyl (C=O) groups is 2. The highest BCUT2D eigenvalue weighted by atomic mass is 79.9. The molecular formula is C17H14BrN3O2S. The fourth-order valence-corrected chi connectivity index (χ4v) is 3.62. The number of aryl methyl sites for hydroxylation is 1. The summed E-state index contributed by atoms with van der Waals surface area (Å²) in [6, 6.07) is 9.39. The lowest BCUT2D eigenvalue weighted by molar-refractivity contribution is -0.122. The van der Waals surface area contributed by atoms with E-state index in [1.165, 1.54) is 11.3 Å². The molecule has 1 unspecified atom stereocenters. The quantitative estimate of drug-likeness (QED) is 0.848. The van der Waals surface area contributed by atoms with Crippen LogP contribution in [0.2, 0.25) is 0 Å². The van der Waals surface area contributed by atoms with Crippen LogP contribution in [-0.4, -0.2) is 18.4 Å². The smallest absolute Gasteiger partial charge is 0.230 e. The van der Waals surface area contributed by atoms with Gasteiger partial charge in [0.1, 0.15) is 11.1 Å². The van der Waals surface area contributed by atoms with Crippen molar-refractivity contribution < 1.29 is 9.59 Å². The van der Waals surface area contributed by atoms with Crippen molar-refractivity contribution in [3.05, 3.63) is 45.2 Å². The maximum Gasteiger partial charge on any atom is 0.230 e. The van der Waals surface area contributed by atoms with E-state index in [4.69, 9.17) is 5.26 Å². The molecule has 1 aliphatic rings. The third kappa shape index (κ3) is 3.21. The summed E-state index contributed by atoms with van der Waals surface area (Å²) in [6.45, 7) is 2.30. The van der Waals surface area contributed by atoms with Gasteiger partial charge in [0.25, 0.3) is 0 Å². The van der Waals surface area contributed by atoms with Crippen LogP contribution < -0.4 is 10.2 Å². The van der Waals surface area contributed by atoms with Gasteiger partial charge in [0.2, 0.25) is 11.8 Å². The number of hydrogen-bond acceptors (Lipinski definition) is 4. The molecule has 2 heterocycles. The number of hydrogen-bond donors (Lipinski definition) is 1. The van der Waals surface area contributed by atoms with Crippen molar-refractivity contribution in [2.45, 2.75) is 13.3 Å². The number of amides is 2. The predicted molar refractivity (Wildman–Crippen MR) is 97.0 cm³/mol. The summed E-state index contributed by atoms with van der Waals surface area (Å²) < 4.78 is 0.980. The van der Waals surface area contributed by atoms with Crippen LogP contribution >= 0.6 is 27.3 Å². The number of thiophene rings is 1. The zero-order chi connectivity index (χ0) is 17.3. The first-order valence-electron chi connectivity index (χ1n) is 7.34. The van der Waals surface area contributed by atoms with Crippen LogP contribution in [-0.2, 0) is 9.59 Å². The average molecular weight is 404 g/mol. The highest BCUT2D eigenvalue weighted by Gasteiger charge is 2.35. The van der Waals surface area contributed by atoms with E-state index in [0.717, 1.165) is 15.7 Å². The molecule has 1 aromatic heterocycles. The first-order chi connectivity index (χ1) is 11.5. The summed E-state index contributed by atoms with van der Waals surface area (Å²) in [5.41, 5.74) is 2.27. The van der Waals surface area contributed by atoms with E-state index in [1.807, 2.05) is 31.2 Å². The number of rotatable bonds is 3. The maximum absolute atomic E-state index is 12.4. The van der Waals surface area contributed by atoms with E-state index in [0.29, 0.717) is 17.1 Å². The lowest BCUT2D eigenvalue weighted by atomic mass is 10.1. The normalized spacial score (nSPS) is 17.0. The van der Waals surface area contributed by atoms with Crippen molar-refractivity contribution in [2.75, 3.05) is 16.8 Å². The molecule has 0 radical (unpaired) electrons. The largest absolute Gasteiger partial charge is 0.316 e. The molecule has 1 N–H and O–H groups in total. The highest BCUT2D eigenvalue weighted by molar-refractivity contribution is 9.10. The van der Waals surface area contributed by atoms with Crippen LogP contribution in [0.3, 0.4) is 0 Å². The third-order valence-corrected chi connectivity index (χ3v) is 5.69. The van der Waals surface area contributed by atoms with Gasteiger partial charge in [0.15, 0.2) is 0 Å². The summed E-state index contributed by atoms with van der Waals surface area (Å²) in [5, 5.41) is 14.1. The SMILES string of the molecule is Cc1cc(N2CC(C(=O)Nc3sccc3C#N)CC2=O)ccc1Br. The van der Waals surface area contributed by atoms with Crippen LogP contribution in [0.4, 0.5) is 10.7 Å². The van der Waals surface area contributed by atoms with Gasteiger partial charge in [-0.1, -0.05) is 15.9 Å². The van der Waals surface area contributed by atoms with E-state index >= 15 is 0 Å². The minimum Gasteiger partial charge on any atom is -0.316 e. The van der Waals surface area contributed by atoms with Crippen LogP contribution in [0.5, 0.6) is 0 Å². The molecule has 7 heteroatoms. The van der Waals surface area contributed by atoms with Gasteiger partial charge in [-0.2, -0.15) is 5.26 Å². The van der Waals surface area contributed by atoms with E-state index in [-0.39, 0.29) is 18.2 Å². The first kappa shape index (κ1) is 16.7. The number of carbonyl (C=O) groups excluding carboxylic acids is 2. The topological polar surface area (TPSA) is 73.2 Å². The number of nitrogens with zero attached hydrogens (tertiary/aromatic N) is 2. The van der Waals surface area contributed by atoms with Crippen molar-refractivity contribution in [2.24, 2.45) is 5.92 Å². The van der Waals surface area contributed by atoms with Gasteiger partial charge in [-0.15, -0.1) is 11.3 Å². The second-order valence-corrected chi connectivity index (χ2v) is 7.37. The van der Waals surface area contributed by atoms with Crippen LogP contribution in [0, 0.1) is 24.2 Å². The molecule has 0 saturated carbocycles. The molecule has 24 heavy (non-hydrogen) atoms. The second-order valence-electron chi connectivity index (χ2n) is 5.60. The molecule has 5 nitrogen and oxygen atoms in total. The van der Waals surface area contributed by atoms with Crippen molar-refractivity contribution >= 4 is 49.8 Å². The van der Waals surface area contributed by atoms with Crippen molar-refractivity contribution in [1.82, 2.24) is 0 Å². The van der Waals surface area contributed by atoms with E-state index < -0.39 is 5.92 Å². The van der Waals surface area contributed by atoms with Crippen molar-refractivity contribution in [3.63, 3.8) is 0 Å². The Bertz CT molecular complexity index is 856. The zero-order valence-corrected chi connectivity index (χ0v) is 15.3. The summed E-state index contributed by atoms with van der Waals surface area (Å²) in [5.74, 6) is -0.711. The molecule has 1 atom stereocenters. The Hall–Kier alpha value is -2.17. The number of nitriles is 1. The molecule has 2 amide bonds. The molecule has 0 bridgehead atoms. The Morgan fingerprint density at radius 1 is 1.46 bits per heavy atom. The molecule has 1 aromatic carbocycles. The second kappa shape index (κ2) is 6.75. The van der Waals surface area contributed by atoms with Crippen molar-refractivity contribution in [3.8, 4) is 6.07 Å². The molecule has 0 spiro atoms. The molecule has 1 saturated heterocycles. The highest BCUT2D eigenvalue weighted by Crippen LogP contribution is 2.30. The van der Waals surface area contributed by atoms with Gasteiger partial charge < -0.3 is 10.2 Å². The zero-order valence-electron chi connectivity index (χ0n) is 12.9. The number of benzene rings is 1. The minimum atomic E-state index is -0.421. The van der Waals surface area contributed by atoms with Crippen LogP contribution in [0.25, 0.3) is 0 Å². The molecule has 0 aliphatic carbocycles. The summed E-state index contributed by atoms with van der Waals surface area (Å²) in [4.78, 5) is 26.4. The molecule has 122 valence electrons. The van der Waals surface area contributed by atoms with Gasteiger partial charge in [-0.3, -0.25) is 9.59 Å². The lowest BCUT2D eigenvalue weighted by Crippen LogP contribution is -2.28. The fraction of sp³-hybridized carbons (Fsp3) is 0.235. The molecule has 1 aliphatic heterocycles. The Morgan fingerprint density at radius 2 is 2.25 bits per heavy atom. The van der Waals surface area contributed by atoms with Gasteiger partial charge in [-0.05, 0) is 42.1 Å². The average Bonchev–Trinajstić information content (AvgIpc) is 3.16. The molecule has 2 aromatic rings. The summed E-state index contributed by atoms with van der Waals surface area (Å²) >= 11 is 4.75. The van der Waals surface area contributed by atoms with Gasteiger partial charge in [0.05, 0.1) is 11.5 Å². The monoisotopic (exact) mass is 403 g/mol. The summed E-state index contributed by atoms with van der Waals surface area (Å²) in [6.07, 6.45) is 0.175. The number of halogens is 1. The molecule has 3 rings (SSSR count). The van der Waals surface area contributed by atoms with Crippen LogP contribution in [0.1, 0.15) is 17.5 Å². The van der Waals surface area contributed by atoms with Crippen molar-refractivity contribution in [1.29, 1.82) is 5.26 Å². The molecular weight excluding hydrogens is 390 g/mol. The third-order valence-electron chi connectivity index (χ3n) is 3.97. The van der Waals surface area contributed by atoms with Gasteiger partial charge >= 0.3 is 0 Å². The summed E-state index contributed by atoms with van der Waals surface area (Å²) in [7, 11) is 0. The minimum absolute atomic E-state index is 0.0661. The van der Waals surface area contributed by atoms with E-state index in [1.54, 1.807) is 16.3 Å². The van der Waals surface area contributed by atoms with Gasteiger partial charge in [-0.25, -0.2) is 0 Å². The standard InChI is InChI=1S/C17H14BrN3O2S/c1-10-6-13(2-3-14(10)18)21-9-12(7-15(21)22)16(23)20-17-11(8-19)4-5-24-17/h2-6,12H,7,9H2,1H3,(H,20,23). The first-order valence-corrected chi connectivity index (χ1v) is 9.02. The van der Waals surface area contributed by atoms with Gasteiger partial charge in [0, 0.05) is 23.1 Å². The number of anilines is 2. The Balaban J connectivity index is 1.73. The predicted octanol–water partition coefficient (Wildman–Crippen LogP) is 3.68. The Morgan fingerprint density at radius 3 is 2.96 bits per heavy atom. The van der Waals surface area contributed by atoms with Crippen LogP contribution in [0.15, 0.2) is 34.1 Å². The molecule has 1 fully saturated rings. The Labute approximate surface area is 152 Å². The Kier molecular flexibility index (Phi) is 4.69. The lowest BCUT2D eigenvalue weighted by Gasteiger charge is -2.17.